The Morgan fingerprint density at radius 3 is 2.68 bits per heavy atom. The van der Waals surface area contributed by atoms with Crippen molar-refractivity contribution in [2.75, 3.05) is 6.54 Å². The average molecular weight is 374 g/mol. The zero-order valence-electron chi connectivity index (χ0n) is 13.7. The summed E-state index contributed by atoms with van der Waals surface area (Å²) in [5.74, 6) is 1.23. The lowest BCUT2D eigenvalue weighted by Gasteiger charge is -2.11. The molecule has 0 fully saturated rings. The number of carbonyl (C=O) groups is 1. The van der Waals surface area contributed by atoms with E-state index < -0.39 is 0 Å². The van der Waals surface area contributed by atoms with Gasteiger partial charge in [-0.1, -0.05) is 47.5 Å². The van der Waals surface area contributed by atoms with Crippen LogP contribution in [0.2, 0.25) is 10.0 Å². The van der Waals surface area contributed by atoms with E-state index in [9.17, 15) is 4.79 Å². The van der Waals surface area contributed by atoms with E-state index in [1.165, 1.54) is 6.92 Å². The molecule has 3 nitrogen and oxygen atoms in total. The Bertz CT molecular complexity index is 925. The SMILES string of the molecule is CC(=O)NCCc1cccc2ccc(Oc3ccc(Cl)cc3Cl)cc12. The molecule has 0 aliphatic heterocycles. The van der Waals surface area contributed by atoms with Crippen LogP contribution in [-0.2, 0) is 11.2 Å². The number of halogens is 2. The Kier molecular flexibility index (Phi) is 5.47. The Balaban J connectivity index is 1.88. The third-order valence-electron chi connectivity index (χ3n) is 3.83. The zero-order valence-corrected chi connectivity index (χ0v) is 15.2. The van der Waals surface area contributed by atoms with Crippen molar-refractivity contribution < 1.29 is 9.53 Å². The third-order valence-corrected chi connectivity index (χ3v) is 4.36. The van der Waals surface area contributed by atoms with Gasteiger partial charge in [-0.15, -0.1) is 0 Å². The van der Waals surface area contributed by atoms with Crippen LogP contribution in [0.25, 0.3) is 10.8 Å². The highest BCUT2D eigenvalue weighted by atomic mass is 35.5. The molecule has 1 N–H and O–H groups in total. The van der Waals surface area contributed by atoms with Gasteiger partial charge in [0.25, 0.3) is 0 Å². The van der Waals surface area contributed by atoms with Crippen molar-refractivity contribution in [1.82, 2.24) is 5.32 Å². The number of ether oxygens (including phenoxy) is 1. The van der Waals surface area contributed by atoms with Crippen LogP contribution in [0, 0.1) is 0 Å². The van der Waals surface area contributed by atoms with Gasteiger partial charge in [0, 0.05) is 18.5 Å². The number of benzene rings is 3. The average Bonchev–Trinajstić information content (AvgIpc) is 2.57. The quantitative estimate of drug-likeness (QED) is 0.630. The summed E-state index contributed by atoms with van der Waals surface area (Å²) < 4.78 is 5.91. The lowest BCUT2D eigenvalue weighted by atomic mass is 10.0. The molecule has 0 bridgehead atoms. The van der Waals surface area contributed by atoms with E-state index in [0.717, 1.165) is 22.8 Å². The lowest BCUT2D eigenvalue weighted by Crippen LogP contribution is -2.22. The smallest absolute Gasteiger partial charge is 0.216 e. The molecule has 128 valence electrons. The fourth-order valence-corrected chi connectivity index (χ4v) is 3.10. The molecule has 0 aromatic heterocycles. The number of carbonyl (C=O) groups excluding carboxylic acids is 1. The van der Waals surface area contributed by atoms with Gasteiger partial charge in [0.05, 0.1) is 5.02 Å². The van der Waals surface area contributed by atoms with Crippen molar-refractivity contribution in [3.8, 4) is 11.5 Å². The van der Waals surface area contributed by atoms with Gasteiger partial charge in [0.2, 0.25) is 5.91 Å². The van der Waals surface area contributed by atoms with Crippen LogP contribution in [0.15, 0.2) is 54.6 Å². The monoisotopic (exact) mass is 373 g/mol. The molecule has 3 rings (SSSR count). The normalized spacial score (nSPS) is 10.7. The Morgan fingerprint density at radius 1 is 1.08 bits per heavy atom. The number of rotatable bonds is 5. The standard InChI is InChI=1S/C20H17Cl2NO2/c1-13(24)23-10-9-15-4-2-3-14-5-7-17(12-18(14)15)25-20-8-6-16(21)11-19(20)22/h2-8,11-12H,9-10H2,1H3,(H,23,24). The Hall–Kier alpha value is -2.23. The lowest BCUT2D eigenvalue weighted by molar-refractivity contribution is -0.118. The molecule has 0 unspecified atom stereocenters. The molecule has 0 saturated carbocycles. The topological polar surface area (TPSA) is 38.3 Å². The Labute approximate surface area is 156 Å². The van der Waals surface area contributed by atoms with E-state index in [2.05, 4.69) is 17.4 Å². The van der Waals surface area contributed by atoms with E-state index in [-0.39, 0.29) is 5.91 Å². The Morgan fingerprint density at radius 2 is 1.92 bits per heavy atom. The van der Waals surface area contributed by atoms with Crippen molar-refractivity contribution >= 4 is 39.9 Å². The van der Waals surface area contributed by atoms with E-state index in [4.69, 9.17) is 27.9 Å². The predicted octanol–water partition coefficient (Wildman–Crippen LogP) is 5.62. The number of fused-ring (bicyclic) bond motifs is 1. The third kappa shape index (κ3) is 4.44. The van der Waals surface area contributed by atoms with Gasteiger partial charge >= 0.3 is 0 Å². The summed E-state index contributed by atoms with van der Waals surface area (Å²) in [4.78, 5) is 11.1. The number of hydrogen-bond donors (Lipinski definition) is 1. The molecule has 0 heterocycles. The van der Waals surface area contributed by atoms with Crippen LogP contribution in [0.3, 0.4) is 0 Å². The summed E-state index contributed by atoms with van der Waals surface area (Å²) in [5.41, 5.74) is 1.15. The van der Waals surface area contributed by atoms with Gasteiger partial charge in [-0.3, -0.25) is 4.79 Å². The van der Waals surface area contributed by atoms with E-state index in [1.807, 2.05) is 24.3 Å². The molecule has 0 aliphatic rings. The van der Waals surface area contributed by atoms with E-state index in [0.29, 0.717) is 28.1 Å². The molecule has 1 amide bonds. The summed E-state index contributed by atoms with van der Waals surface area (Å²) in [6.07, 6.45) is 0.752. The van der Waals surface area contributed by atoms with Crippen molar-refractivity contribution in [1.29, 1.82) is 0 Å². The molecular formula is C20H17Cl2NO2. The summed E-state index contributed by atoms with van der Waals surface area (Å²) >= 11 is 12.1. The number of hydrogen-bond acceptors (Lipinski definition) is 2. The zero-order chi connectivity index (χ0) is 17.8. The van der Waals surface area contributed by atoms with Gasteiger partial charge in [-0.2, -0.15) is 0 Å². The molecular weight excluding hydrogens is 357 g/mol. The van der Waals surface area contributed by atoms with E-state index in [1.54, 1.807) is 18.2 Å². The highest BCUT2D eigenvalue weighted by molar-refractivity contribution is 6.35. The highest BCUT2D eigenvalue weighted by Gasteiger charge is 2.07. The number of nitrogens with one attached hydrogen (secondary N) is 1. The summed E-state index contributed by atoms with van der Waals surface area (Å²) in [6.45, 7) is 2.12. The van der Waals surface area contributed by atoms with Gasteiger partial charge in [-0.25, -0.2) is 0 Å². The second kappa shape index (κ2) is 7.77. The first-order valence-electron chi connectivity index (χ1n) is 7.92. The summed E-state index contributed by atoms with van der Waals surface area (Å²) in [5, 5.41) is 6.07. The van der Waals surface area contributed by atoms with Crippen LogP contribution in [0.1, 0.15) is 12.5 Å². The maximum Gasteiger partial charge on any atom is 0.216 e. The molecule has 0 aliphatic carbocycles. The molecule has 3 aromatic rings. The number of amides is 1. The second-order valence-corrected chi connectivity index (χ2v) is 6.55. The minimum absolute atomic E-state index is 0.0263. The first-order chi connectivity index (χ1) is 12.0. The first kappa shape index (κ1) is 17.6. The second-order valence-electron chi connectivity index (χ2n) is 5.71. The van der Waals surface area contributed by atoms with Crippen LogP contribution < -0.4 is 10.1 Å². The molecule has 0 radical (unpaired) electrons. The molecule has 0 spiro atoms. The van der Waals surface area contributed by atoms with Gasteiger partial charge < -0.3 is 10.1 Å². The fraction of sp³-hybridized carbons (Fsp3) is 0.150. The van der Waals surface area contributed by atoms with Crippen molar-refractivity contribution in [2.45, 2.75) is 13.3 Å². The minimum atomic E-state index is -0.0263. The van der Waals surface area contributed by atoms with E-state index >= 15 is 0 Å². The van der Waals surface area contributed by atoms with Crippen LogP contribution in [0.4, 0.5) is 0 Å². The molecule has 0 saturated heterocycles. The van der Waals surface area contributed by atoms with Crippen molar-refractivity contribution in [2.24, 2.45) is 0 Å². The van der Waals surface area contributed by atoms with Crippen LogP contribution in [-0.4, -0.2) is 12.5 Å². The highest BCUT2D eigenvalue weighted by Crippen LogP contribution is 2.33. The summed E-state index contributed by atoms with van der Waals surface area (Å²) in [7, 11) is 0. The maximum absolute atomic E-state index is 11.1. The minimum Gasteiger partial charge on any atom is -0.456 e. The van der Waals surface area contributed by atoms with Gasteiger partial charge in [0.15, 0.2) is 0 Å². The summed E-state index contributed by atoms with van der Waals surface area (Å²) in [6, 6.07) is 17.2. The van der Waals surface area contributed by atoms with Crippen LogP contribution >= 0.6 is 23.2 Å². The van der Waals surface area contributed by atoms with Gasteiger partial charge in [-0.05, 0) is 53.1 Å². The fourth-order valence-electron chi connectivity index (χ4n) is 2.66. The van der Waals surface area contributed by atoms with Crippen LogP contribution in [0.5, 0.6) is 11.5 Å². The van der Waals surface area contributed by atoms with Crippen molar-refractivity contribution in [3.63, 3.8) is 0 Å². The largest absolute Gasteiger partial charge is 0.456 e. The predicted molar refractivity (Wildman–Crippen MR) is 103 cm³/mol. The molecule has 25 heavy (non-hydrogen) atoms. The first-order valence-corrected chi connectivity index (χ1v) is 8.67. The molecule has 3 aromatic carbocycles. The molecule has 5 heteroatoms. The molecule has 0 atom stereocenters. The maximum atomic E-state index is 11.1. The van der Waals surface area contributed by atoms with Crippen molar-refractivity contribution in [3.05, 3.63) is 70.2 Å². The van der Waals surface area contributed by atoms with Gasteiger partial charge in [0.1, 0.15) is 11.5 Å².